The zero-order chi connectivity index (χ0) is 13.5. The molecule has 0 fully saturated rings. The average molecular weight is 259 g/mol. The molecule has 0 aromatic heterocycles. The number of methoxy groups -OCH3 is 1. The van der Waals surface area contributed by atoms with E-state index >= 15 is 0 Å². The number of nitrogens with one attached hydrogen (secondary N) is 1. The SMILES string of the molecule is COC(=O)c1ccc(CNCC2CC=CCC2)cc1. The van der Waals surface area contributed by atoms with Crippen molar-refractivity contribution in [2.45, 2.75) is 25.8 Å². The average Bonchev–Trinajstić information content (AvgIpc) is 2.48. The summed E-state index contributed by atoms with van der Waals surface area (Å²) >= 11 is 0. The van der Waals surface area contributed by atoms with Gasteiger partial charge in [0, 0.05) is 6.54 Å². The van der Waals surface area contributed by atoms with Crippen molar-refractivity contribution in [2.75, 3.05) is 13.7 Å². The molecule has 3 heteroatoms. The van der Waals surface area contributed by atoms with Crippen LogP contribution < -0.4 is 5.32 Å². The van der Waals surface area contributed by atoms with Crippen LogP contribution in [0.25, 0.3) is 0 Å². The van der Waals surface area contributed by atoms with E-state index < -0.39 is 0 Å². The van der Waals surface area contributed by atoms with Crippen LogP contribution in [0.5, 0.6) is 0 Å². The zero-order valence-corrected chi connectivity index (χ0v) is 11.4. The molecule has 0 saturated heterocycles. The van der Waals surface area contributed by atoms with Gasteiger partial charge in [0.2, 0.25) is 0 Å². The molecule has 1 aromatic rings. The molecule has 1 aliphatic carbocycles. The molecule has 0 radical (unpaired) electrons. The maximum atomic E-state index is 11.3. The third kappa shape index (κ3) is 4.21. The maximum absolute atomic E-state index is 11.3. The molecule has 0 saturated carbocycles. The van der Waals surface area contributed by atoms with Gasteiger partial charge in [0.25, 0.3) is 0 Å². The minimum atomic E-state index is -0.284. The Hall–Kier alpha value is -1.61. The van der Waals surface area contributed by atoms with Crippen molar-refractivity contribution in [3.8, 4) is 0 Å². The first-order chi connectivity index (χ1) is 9.29. The van der Waals surface area contributed by atoms with Crippen LogP contribution in [0.1, 0.15) is 35.2 Å². The first-order valence-corrected chi connectivity index (χ1v) is 6.82. The van der Waals surface area contributed by atoms with Gasteiger partial charge in [0.05, 0.1) is 12.7 Å². The minimum absolute atomic E-state index is 0.284. The van der Waals surface area contributed by atoms with E-state index in [9.17, 15) is 4.79 Å². The topological polar surface area (TPSA) is 38.3 Å². The van der Waals surface area contributed by atoms with Crippen LogP contribution in [0, 0.1) is 5.92 Å². The van der Waals surface area contributed by atoms with Crippen molar-refractivity contribution in [3.05, 3.63) is 47.5 Å². The van der Waals surface area contributed by atoms with E-state index in [-0.39, 0.29) is 5.97 Å². The monoisotopic (exact) mass is 259 g/mol. The van der Waals surface area contributed by atoms with Crippen molar-refractivity contribution in [1.82, 2.24) is 5.32 Å². The van der Waals surface area contributed by atoms with E-state index in [2.05, 4.69) is 22.2 Å². The summed E-state index contributed by atoms with van der Waals surface area (Å²) in [6, 6.07) is 7.57. The zero-order valence-electron chi connectivity index (χ0n) is 11.4. The molecule has 102 valence electrons. The van der Waals surface area contributed by atoms with Crippen molar-refractivity contribution < 1.29 is 9.53 Å². The third-order valence-electron chi connectivity index (χ3n) is 3.51. The molecule has 0 amide bonds. The number of hydrogen-bond donors (Lipinski definition) is 1. The Labute approximate surface area is 114 Å². The molecule has 1 N–H and O–H groups in total. The molecule has 0 spiro atoms. The number of ether oxygens (including phenoxy) is 1. The highest BCUT2D eigenvalue weighted by Crippen LogP contribution is 2.17. The van der Waals surface area contributed by atoms with Crippen molar-refractivity contribution in [1.29, 1.82) is 0 Å². The molecule has 19 heavy (non-hydrogen) atoms. The number of carbonyl (C=O) groups is 1. The third-order valence-corrected chi connectivity index (χ3v) is 3.51. The van der Waals surface area contributed by atoms with Gasteiger partial charge in [0.1, 0.15) is 0 Å². The predicted octanol–water partition coefficient (Wildman–Crippen LogP) is 2.92. The van der Waals surface area contributed by atoms with E-state index in [1.807, 2.05) is 24.3 Å². The van der Waals surface area contributed by atoms with E-state index in [1.165, 1.54) is 31.9 Å². The summed E-state index contributed by atoms with van der Waals surface area (Å²) in [4.78, 5) is 11.3. The number of allylic oxidation sites excluding steroid dienone is 2. The highest BCUT2D eigenvalue weighted by molar-refractivity contribution is 5.89. The molecule has 3 nitrogen and oxygen atoms in total. The second kappa shape index (κ2) is 7.10. The fourth-order valence-electron chi connectivity index (χ4n) is 2.34. The lowest BCUT2D eigenvalue weighted by atomic mass is 9.94. The predicted molar refractivity (Wildman–Crippen MR) is 76.0 cm³/mol. The second-order valence-corrected chi connectivity index (χ2v) is 4.97. The Morgan fingerprint density at radius 2 is 2.11 bits per heavy atom. The highest BCUT2D eigenvalue weighted by Gasteiger charge is 2.09. The van der Waals surface area contributed by atoms with Crippen molar-refractivity contribution >= 4 is 5.97 Å². The summed E-state index contributed by atoms with van der Waals surface area (Å²) in [5.41, 5.74) is 1.79. The Bertz CT molecular complexity index is 437. The van der Waals surface area contributed by atoms with Gasteiger partial charge in [-0.15, -0.1) is 0 Å². The number of esters is 1. The summed E-state index contributed by atoms with van der Waals surface area (Å²) in [6.45, 7) is 1.91. The number of carbonyl (C=O) groups excluding carboxylic acids is 1. The standard InChI is InChI=1S/C16H21NO2/c1-19-16(18)15-9-7-14(8-10-15)12-17-11-13-5-3-2-4-6-13/h2-3,7-10,13,17H,4-6,11-12H2,1H3. The quantitative estimate of drug-likeness (QED) is 0.652. The second-order valence-electron chi connectivity index (χ2n) is 4.97. The van der Waals surface area contributed by atoms with Crippen molar-refractivity contribution in [2.24, 2.45) is 5.92 Å². The number of benzene rings is 1. The first-order valence-electron chi connectivity index (χ1n) is 6.82. The van der Waals surface area contributed by atoms with Crippen LogP contribution in [0.15, 0.2) is 36.4 Å². The lowest BCUT2D eigenvalue weighted by Gasteiger charge is -2.18. The lowest BCUT2D eigenvalue weighted by Crippen LogP contribution is -2.23. The van der Waals surface area contributed by atoms with Crippen LogP contribution in [0.3, 0.4) is 0 Å². The van der Waals surface area contributed by atoms with E-state index in [1.54, 1.807) is 0 Å². The Morgan fingerprint density at radius 3 is 2.74 bits per heavy atom. The van der Waals surface area contributed by atoms with E-state index in [0.29, 0.717) is 5.56 Å². The van der Waals surface area contributed by atoms with Gasteiger partial charge in [-0.25, -0.2) is 4.79 Å². The fraction of sp³-hybridized carbons (Fsp3) is 0.438. The van der Waals surface area contributed by atoms with Crippen LogP contribution in [0.2, 0.25) is 0 Å². The smallest absolute Gasteiger partial charge is 0.337 e. The molecule has 1 atom stereocenters. The molecule has 0 bridgehead atoms. The van der Waals surface area contributed by atoms with Gasteiger partial charge in [-0.1, -0.05) is 24.3 Å². The summed E-state index contributed by atoms with van der Waals surface area (Å²) in [5.74, 6) is 0.479. The largest absolute Gasteiger partial charge is 0.465 e. The Balaban J connectivity index is 1.76. The van der Waals surface area contributed by atoms with Gasteiger partial charge >= 0.3 is 5.97 Å². The lowest BCUT2D eigenvalue weighted by molar-refractivity contribution is 0.0600. The van der Waals surface area contributed by atoms with Gasteiger partial charge < -0.3 is 10.1 Å². The molecule has 2 rings (SSSR count). The van der Waals surface area contributed by atoms with Gasteiger partial charge in [0.15, 0.2) is 0 Å². The van der Waals surface area contributed by atoms with Gasteiger partial charge in [-0.3, -0.25) is 0 Å². The summed E-state index contributed by atoms with van der Waals surface area (Å²) in [7, 11) is 1.40. The normalized spacial score (nSPS) is 18.3. The summed E-state index contributed by atoms with van der Waals surface area (Å²) < 4.78 is 4.68. The molecule has 1 aliphatic rings. The molecule has 0 aliphatic heterocycles. The number of rotatable bonds is 5. The Kier molecular flexibility index (Phi) is 5.16. The van der Waals surface area contributed by atoms with E-state index in [4.69, 9.17) is 0 Å². The van der Waals surface area contributed by atoms with Crippen LogP contribution in [0.4, 0.5) is 0 Å². The molecule has 1 aromatic carbocycles. The maximum Gasteiger partial charge on any atom is 0.337 e. The van der Waals surface area contributed by atoms with Crippen LogP contribution in [-0.4, -0.2) is 19.6 Å². The fourth-order valence-corrected chi connectivity index (χ4v) is 2.34. The highest BCUT2D eigenvalue weighted by atomic mass is 16.5. The van der Waals surface area contributed by atoms with E-state index in [0.717, 1.165) is 19.0 Å². The van der Waals surface area contributed by atoms with Crippen LogP contribution in [-0.2, 0) is 11.3 Å². The number of hydrogen-bond acceptors (Lipinski definition) is 3. The van der Waals surface area contributed by atoms with Gasteiger partial charge in [-0.05, 0) is 49.4 Å². The van der Waals surface area contributed by atoms with Gasteiger partial charge in [-0.2, -0.15) is 0 Å². The summed E-state index contributed by atoms with van der Waals surface area (Å²) in [6.07, 6.45) is 8.22. The molecule has 0 heterocycles. The molecule has 1 unspecified atom stereocenters. The minimum Gasteiger partial charge on any atom is -0.465 e. The van der Waals surface area contributed by atoms with Crippen molar-refractivity contribution in [3.63, 3.8) is 0 Å². The molecular formula is C16H21NO2. The van der Waals surface area contributed by atoms with Crippen LogP contribution >= 0.6 is 0 Å². The Morgan fingerprint density at radius 1 is 1.32 bits per heavy atom. The molecular weight excluding hydrogens is 238 g/mol. The first kappa shape index (κ1) is 13.8. The summed E-state index contributed by atoms with van der Waals surface area (Å²) in [5, 5.41) is 3.48.